The fourth-order valence-corrected chi connectivity index (χ4v) is 3.93. The van der Waals surface area contributed by atoms with E-state index >= 15 is 0 Å². The van der Waals surface area contributed by atoms with E-state index in [1.165, 1.54) is 23.2 Å². The molecular formula is C20H27N5O. The second-order valence-corrected chi connectivity index (χ2v) is 7.73. The van der Waals surface area contributed by atoms with Gasteiger partial charge in [0.1, 0.15) is 11.8 Å². The molecule has 6 heteroatoms. The molecule has 0 spiro atoms. The number of hydrogen-bond donors (Lipinski definition) is 1. The molecule has 0 radical (unpaired) electrons. The summed E-state index contributed by atoms with van der Waals surface area (Å²) < 4.78 is 6.17. The molecule has 6 nitrogen and oxygen atoms in total. The Hall–Kier alpha value is -2.21. The van der Waals surface area contributed by atoms with Gasteiger partial charge >= 0.3 is 0 Å². The van der Waals surface area contributed by atoms with Crippen molar-refractivity contribution in [2.24, 2.45) is 0 Å². The SMILES string of the molecule is CC(C)c1nc2oc3c(NCCCN(C)C)ncnc3c2c2c1CCC2. The number of hydrogen-bond acceptors (Lipinski definition) is 6. The fourth-order valence-electron chi connectivity index (χ4n) is 3.93. The summed E-state index contributed by atoms with van der Waals surface area (Å²) in [5.74, 6) is 1.17. The smallest absolute Gasteiger partial charge is 0.229 e. The van der Waals surface area contributed by atoms with Crippen molar-refractivity contribution in [3.63, 3.8) is 0 Å². The van der Waals surface area contributed by atoms with Gasteiger partial charge in [0.2, 0.25) is 5.71 Å². The number of aryl methyl sites for hydroxylation is 1. The van der Waals surface area contributed by atoms with Crippen molar-refractivity contribution in [3.8, 4) is 0 Å². The van der Waals surface area contributed by atoms with E-state index in [0.717, 1.165) is 54.7 Å². The van der Waals surface area contributed by atoms with E-state index in [1.807, 2.05) is 0 Å². The van der Waals surface area contributed by atoms with Gasteiger partial charge in [0.05, 0.1) is 11.1 Å². The number of rotatable bonds is 6. The zero-order valence-corrected chi connectivity index (χ0v) is 16.1. The molecule has 1 N–H and O–H groups in total. The van der Waals surface area contributed by atoms with Crippen LogP contribution >= 0.6 is 0 Å². The lowest BCUT2D eigenvalue weighted by atomic mass is 9.99. The first-order chi connectivity index (χ1) is 12.6. The molecule has 3 heterocycles. The molecule has 0 aliphatic heterocycles. The Balaban J connectivity index is 1.78. The minimum atomic E-state index is 0.397. The lowest BCUT2D eigenvalue weighted by Crippen LogP contribution is -2.16. The highest BCUT2D eigenvalue weighted by Gasteiger charge is 2.26. The minimum Gasteiger partial charge on any atom is -0.432 e. The highest BCUT2D eigenvalue weighted by Crippen LogP contribution is 2.39. The van der Waals surface area contributed by atoms with Gasteiger partial charge in [-0.1, -0.05) is 13.8 Å². The first-order valence-electron chi connectivity index (χ1n) is 9.53. The van der Waals surface area contributed by atoms with Crippen LogP contribution in [-0.4, -0.2) is 47.0 Å². The molecule has 3 aromatic heterocycles. The maximum atomic E-state index is 6.17. The van der Waals surface area contributed by atoms with E-state index in [2.05, 4.69) is 48.1 Å². The maximum Gasteiger partial charge on any atom is 0.229 e. The quantitative estimate of drug-likeness (QED) is 0.681. The Morgan fingerprint density at radius 2 is 2.00 bits per heavy atom. The van der Waals surface area contributed by atoms with E-state index in [0.29, 0.717) is 11.6 Å². The van der Waals surface area contributed by atoms with E-state index in [9.17, 15) is 0 Å². The third-order valence-electron chi connectivity index (χ3n) is 5.13. The third kappa shape index (κ3) is 2.92. The van der Waals surface area contributed by atoms with Gasteiger partial charge in [-0.15, -0.1) is 0 Å². The molecule has 0 bridgehead atoms. The first-order valence-corrected chi connectivity index (χ1v) is 9.53. The van der Waals surface area contributed by atoms with Crippen LogP contribution < -0.4 is 5.32 Å². The fraction of sp³-hybridized carbons (Fsp3) is 0.550. The molecule has 0 aromatic carbocycles. The monoisotopic (exact) mass is 353 g/mol. The van der Waals surface area contributed by atoms with E-state index in [-0.39, 0.29) is 0 Å². The third-order valence-corrected chi connectivity index (χ3v) is 5.13. The van der Waals surface area contributed by atoms with Gasteiger partial charge in [0.15, 0.2) is 11.4 Å². The topological polar surface area (TPSA) is 67.1 Å². The number of furan rings is 1. The van der Waals surface area contributed by atoms with Crippen LogP contribution in [0.1, 0.15) is 49.4 Å². The summed E-state index contributed by atoms with van der Waals surface area (Å²) in [7, 11) is 4.17. The van der Waals surface area contributed by atoms with Crippen molar-refractivity contribution >= 4 is 28.0 Å². The molecular weight excluding hydrogens is 326 g/mol. The van der Waals surface area contributed by atoms with E-state index in [4.69, 9.17) is 9.40 Å². The highest BCUT2D eigenvalue weighted by molar-refractivity contribution is 6.06. The molecule has 0 atom stereocenters. The van der Waals surface area contributed by atoms with Gasteiger partial charge in [-0.3, -0.25) is 0 Å². The average molecular weight is 353 g/mol. The van der Waals surface area contributed by atoms with Gasteiger partial charge in [0.25, 0.3) is 0 Å². The second-order valence-electron chi connectivity index (χ2n) is 7.73. The van der Waals surface area contributed by atoms with Crippen molar-refractivity contribution in [1.82, 2.24) is 19.9 Å². The molecule has 0 unspecified atom stereocenters. The van der Waals surface area contributed by atoms with Crippen LogP contribution in [0.4, 0.5) is 5.82 Å². The summed E-state index contributed by atoms with van der Waals surface area (Å²) in [5, 5.41) is 4.50. The van der Waals surface area contributed by atoms with Crippen LogP contribution in [-0.2, 0) is 12.8 Å². The Kier molecular flexibility index (Phi) is 4.53. The maximum absolute atomic E-state index is 6.17. The predicted molar refractivity (Wildman–Crippen MR) is 105 cm³/mol. The molecule has 0 amide bonds. The van der Waals surface area contributed by atoms with Crippen LogP contribution in [0.5, 0.6) is 0 Å². The predicted octanol–water partition coefficient (Wildman–Crippen LogP) is 3.75. The summed E-state index contributed by atoms with van der Waals surface area (Å²) in [6.07, 6.45) is 6.05. The van der Waals surface area contributed by atoms with Crippen LogP contribution in [0.2, 0.25) is 0 Å². The van der Waals surface area contributed by atoms with Crippen LogP contribution in [0.15, 0.2) is 10.7 Å². The standard InChI is InChI=1S/C20H27N5O/c1-12(2)16-14-8-5-7-13(14)15-17-18(26-20(15)24-16)19(23-11-22-17)21-9-6-10-25(3)4/h11-12H,5-10H2,1-4H3,(H,21,22,23). The molecule has 138 valence electrons. The largest absolute Gasteiger partial charge is 0.432 e. The molecule has 0 fully saturated rings. The summed E-state index contributed by atoms with van der Waals surface area (Å²) in [5.41, 5.74) is 6.31. The van der Waals surface area contributed by atoms with Gasteiger partial charge < -0.3 is 14.6 Å². The molecule has 1 aliphatic rings. The van der Waals surface area contributed by atoms with Gasteiger partial charge in [-0.2, -0.15) is 0 Å². The van der Waals surface area contributed by atoms with Crippen molar-refractivity contribution in [2.45, 2.75) is 45.4 Å². The average Bonchev–Trinajstić information content (AvgIpc) is 3.21. The molecule has 4 rings (SSSR count). The number of nitrogens with one attached hydrogen (secondary N) is 1. The van der Waals surface area contributed by atoms with Crippen molar-refractivity contribution in [2.75, 3.05) is 32.5 Å². The van der Waals surface area contributed by atoms with Gasteiger partial charge in [-0.25, -0.2) is 15.0 Å². The number of pyridine rings is 1. The molecule has 3 aromatic rings. The molecule has 1 aliphatic carbocycles. The Labute approximate surface area is 154 Å². The van der Waals surface area contributed by atoms with Crippen molar-refractivity contribution in [1.29, 1.82) is 0 Å². The Bertz CT molecular complexity index is 944. The van der Waals surface area contributed by atoms with Gasteiger partial charge in [-0.05, 0) is 63.4 Å². The normalized spacial score (nSPS) is 14.1. The number of nitrogens with zero attached hydrogens (tertiary/aromatic N) is 4. The van der Waals surface area contributed by atoms with Crippen LogP contribution in [0.25, 0.3) is 22.2 Å². The van der Waals surface area contributed by atoms with Gasteiger partial charge in [0, 0.05) is 6.54 Å². The Morgan fingerprint density at radius 3 is 2.77 bits per heavy atom. The highest BCUT2D eigenvalue weighted by atomic mass is 16.3. The Morgan fingerprint density at radius 1 is 1.19 bits per heavy atom. The summed E-state index contributed by atoms with van der Waals surface area (Å²) >= 11 is 0. The number of aromatic nitrogens is 3. The summed E-state index contributed by atoms with van der Waals surface area (Å²) in [4.78, 5) is 16.0. The molecule has 26 heavy (non-hydrogen) atoms. The summed E-state index contributed by atoms with van der Waals surface area (Å²) in [6, 6.07) is 0. The van der Waals surface area contributed by atoms with Crippen molar-refractivity contribution < 1.29 is 4.42 Å². The van der Waals surface area contributed by atoms with E-state index in [1.54, 1.807) is 6.33 Å². The number of fused-ring (bicyclic) bond motifs is 5. The summed E-state index contributed by atoms with van der Waals surface area (Å²) in [6.45, 7) is 6.29. The zero-order valence-electron chi connectivity index (χ0n) is 16.1. The molecule has 0 saturated heterocycles. The zero-order chi connectivity index (χ0) is 18.3. The van der Waals surface area contributed by atoms with E-state index < -0.39 is 0 Å². The number of anilines is 1. The lowest BCUT2D eigenvalue weighted by molar-refractivity contribution is 0.405. The van der Waals surface area contributed by atoms with Crippen LogP contribution in [0, 0.1) is 0 Å². The lowest BCUT2D eigenvalue weighted by Gasteiger charge is -2.11. The first kappa shape index (κ1) is 17.2. The molecule has 0 saturated carbocycles. The second kappa shape index (κ2) is 6.83. The minimum absolute atomic E-state index is 0.397. The van der Waals surface area contributed by atoms with Crippen LogP contribution in [0.3, 0.4) is 0 Å². The van der Waals surface area contributed by atoms with Crippen molar-refractivity contribution in [3.05, 3.63) is 23.1 Å².